The largest absolute Gasteiger partial charge is 0.479 e. The number of amides is 1. The molecule has 1 aromatic heterocycles. The van der Waals surface area contributed by atoms with Crippen molar-refractivity contribution in [2.75, 3.05) is 0 Å². The lowest BCUT2D eigenvalue weighted by atomic mass is 10.0. The minimum Gasteiger partial charge on any atom is -0.479 e. The summed E-state index contributed by atoms with van der Waals surface area (Å²) < 4.78 is 1.76. The summed E-state index contributed by atoms with van der Waals surface area (Å²) in [6.45, 7) is 11.6. The third-order valence-corrected chi connectivity index (χ3v) is 4.28. The summed E-state index contributed by atoms with van der Waals surface area (Å²) in [5, 5.41) is 16.4. The molecule has 0 aliphatic rings. The molecule has 6 nitrogen and oxygen atoms in total. The number of hydrogen-bond acceptors (Lipinski definition) is 3. The molecule has 0 bridgehead atoms. The summed E-state index contributed by atoms with van der Waals surface area (Å²) >= 11 is 0. The first kappa shape index (κ1) is 18.7. The second-order valence-electron chi connectivity index (χ2n) is 7.31. The SMILES string of the molecule is Cc1ccc(C(NC(=O)c2cnn(C(C)(C)C)c2C)C(=O)O)cc1C. The van der Waals surface area contributed by atoms with E-state index >= 15 is 0 Å². The molecule has 2 N–H and O–H groups in total. The predicted molar refractivity (Wildman–Crippen MR) is 95.7 cm³/mol. The molecule has 134 valence electrons. The number of aromatic nitrogens is 2. The maximum Gasteiger partial charge on any atom is 0.330 e. The highest BCUT2D eigenvalue weighted by Gasteiger charge is 2.26. The number of carbonyl (C=O) groups excluding carboxylic acids is 1. The van der Waals surface area contributed by atoms with Crippen LogP contribution in [0.3, 0.4) is 0 Å². The van der Waals surface area contributed by atoms with Crippen molar-refractivity contribution in [2.24, 2.45) is 0 Å². The van der Waals surface area contributed by atoms with E-state index in [1.165, 1.54) is 6.20 Å². The van der Waals surface area contributed by atoms with E-state index in [1.54, 1.807) is 23.7 Å². The summed E-state index contributed by atoms with van der Waals surface area (Å²) in [4.78, 5) is 24.3. The van der Waals surface area contributed by atoms with Crippen LogP contribution in [0.25, 0.3) is 0 Å². The van der Waals surface area contributed by atoms with Gasteiger partial charge in [-0.2, -0.15) is 5.10 Å². The highest BCUT2D eigenvalue weighted by Crippen LogP contribution is 2.21. The zero-order valence-corrected chi connectivity index (χ0v) is 15.5. The van der Waals surface area contributed by atoms with Crippen LogP contribution in [0.2, 0.25) is 0 Å². The van der Waals surface area contributed by atoms with E-state index in [4.69, 9.17) is 0 Å². The Morgan fingerprint density at radius 3 is 2.28 bits per heavy atom. The van der Waals surface area contributed by atoms with Crippen LogP contribution in [-0.2, 0) is 10.3 Å². The Hall–Kier alpha value is -2.63. The number of aliphatic carboxylic acids is 1. The third kappa shape index (κ3) is 3.90. The number of carbonyl (C=O) groups is 2. The van der Waals surface area contributed by atoms with Crippen molar-refractivity contribution in [1.29, 1.82) is 0 Å². The summed E-state index contributed by atoms with van der Waals surface area (Å²) in [5.74, 6) is -1.55. The zero-order valence-electron chi connectivity index (χ0n) is 15.5. The van der Waals surface area contributed by atoms with Crippen LogP contribution in [0.15, 0.2) is 24.4 Å². The average molecular weight is 343 g/mol. The van der Waals surface area contributed by atoms with E-state index < -0.39 is 17.9 Å². The molecule has 0 radical (unpaired) electrons. The summed E-state index contributed by atoms with van der Waals surface area (Å²) in [6, 6.07) is 4.27. The van der Waals surface area contributed by atoms with Gasteiger partial charge in [0, 0.05) is 5.69 Å². The fourth-order valence-corrected chi connectivity index (χ4v) is 2.75. The Bertz CT molecular complexity index is 816. The van der Waals surface area contributed by atoms with Gasteiger partial charge in [-0.05, 0) is 58.2 Å². The Morgan fingerprint density at radius 2 is 1.80 bits per heavy atom. The van der Waals surface area contributed by atoms with Gasteiger partial charge in [-0.15, -0.1) is 0 Å². The maximum absolute atomic E-state index is 12.6. The van der Waals surface area contributed by atoms with Gasteiger partial charge >= 0.3 is 5.97 Å². The summed E-state index contributed by atoms with van der Waals surface area (Å²) in [7, 11) is 0. The quantitative estimate of drug-likeness (QED) is 0.893. The normalized spacial score (nSPS) is 12.7. The van der Waals surface area contributed by atoms with Gasteiger partial charge in [0.05, 0.1) is 17.3 Å². The molecule has 2 aromatic rings. The number of aryl methyl sites for hydroxylation is 2. The Morgan fingerprint density at radius 1 is 1.16 bits per heavy atom. The highest BCUT2D eigenvalue weighted by atomic mass is 16.4. The van der Waals surface area contributed by atoms with Gasteiger partial charge < -0.3 is 10.4 Å². The number of carboxylic acid groups (broad SMARTS) is 1. The van der Waals surface area contributed by atoms with E-state index in [9.17, 15) is 14.7 Å². The lowest BCUT2D eigenvalue weighted by molar-refractivity contribution is -0.139. The number of carboxylic acids is 1. The molecule has 0 spiro atoms. The van der Waals surface area contributed by atoms with Gasteiger partial charge in [-0.1, -0.05) is 18.2 Å². The topological polar surface area (TPSA) is 84.2 Å². The van der Waals surface area contributed by atoms with Crippen molar-refractivity contribution in [3.05, 3.63) is 52.3 Å². The van der Waals surface area contributed by atoms with Crippen molar-refractivity contribution < 1.29 is 14.7 Å². The van der Waals surface area contributed by atoms with Crippen LogP contribution in [0.5, 0.6) is 0 Å². The lowest BCUT2D eigenvalue weighted by Gasteiger charge is -2.21. The Balaban J connectivity index is 2.31. The third-order valence-electron chi connectivity index (χ3n) is 4.28. The molecule has 1 heterocycles. The number of rotatable bonds is 4. The average Bonchev–Trinajstić information content (AvgIpc) is 2.89. The molecular formula is C19H25N3O3. The number of benzene rings is 1. The Labute approximate surface area is 147 Å². The van der Waals surface area contributed by atoms with Crippen LogP contribution in [0, 0.1) is 20.8 Å². The van der Waals surface area contributed by atoms with E-state index in [2.05, 4.69) is 10.4 Å². The number of hydrogen-bond donors (Lipinski definition) is 2. The minimum absolute atomic E-state index is 0.261. The minimum atomic E-state index is -1.11. The van der Waals surface area contributed by atoms with Gasteiger partial charge in [0.25, 0.3) is 5.91 Å². The predicted octanol–water partition coefficient (Wildman–Crippen LogP) is 3.12. The van der Waals surface area contributed by atoms with Gasteiger partial charge in [0.2, 0.25) is 0 Å². The monoisotopic (exact) mass is 343 g/mol. The molecule has 1 atom stereocenters. The first-order valence-corrected chi connectivity index (χ1v) is 8.18. The molecule has 0 aliphatic heterocycles. The fourth-order valence-electron chi connectivity index (χ4n) is 2.75. The number of nitrogens with zero attached hydrogens (tertiary/aromatic N) is 2. The first-order valence-electron chi connectivity index (χ1n) is 8.18. The van der Waals surface area contributed by atoms with Crippen LogP contribution in [0.4, 0.5) is 0 Å². The fraction of sp³-hybridized carbons (Fsp3) is 0.421. The molecule has 25 heavy (non-hydrogen) atoms. The zero-order chi connectivity index (χ0) is 18.9. The molecule has 2 rings (SSSR count). The maximum atomic E-state index is 12.6. The van der Waals surface area contributed by atoms with Crippen molar-refractivity contribution in [1.82, 2.24) is 15.1 Å². The van der Waals surface area contributed by atoms with Gasteiger partial charge in [-0.3, -0.25) is 9.48 Å². The molecule has 1 amide bonds. The van der Waals surface area contributed by atoms with E-state index in [0.717, 1.165) is 11.1 Å². The Kier molecular flexibility index (Phi) is 5.02. The molecule has 0 fully saturated rings. The lowest BCUT2D eigenvalue weighted by Crippen LogP contribution is -2.34. The number of nitrogens with one attached hydrogen (secondary N) is 1. The van der Waals surface area contributed by atoms with E-state index in [-0.39, 0.29) is 5.54 Å². The summed E-state index contributed by atoms with van der Waals surface area (Å²) in [6.07, 6.45) is 1.48. The van der Waals surface area contributed by atoms with Crippen molar-refractivity contribution in [2.45, 2.75) is 53.1 Å². The molecule has 6 heteroatoms. The molecule has 1 aromatic carbocycles. The van der Waals surface area contributed by atoms with Crippen molar-refractivity contribution in [3.63, 3.8) is 0 Å². The van der Waals surface area contributed by atoms with Crippen molar-refractivity contribution >= 4 is 11.9 Å². The molecular weight excluding hydrogens is 318 g/mol. The molecule has 0 aliphatic carbocycles. The van der Waals surface area contributed by atoms with Crippen LogP contribution >= 0.6 is 0 Å². The van der Waals surface area contributed by atoms with Gasteiger partial charge in [-0.25, -0.2) is 4.79 Å². The molecule has 0 saturated carbocycles. The van der Waals surface area contributed by atoms with Gasteiger partial charge in [0.15, 0.2) is 6.04 Å². The van der Waals surface area contributed by atoms with Crippen LogP contribution in [-0.4, -0.2) is 26.8 Å². The summed E-state index contributed by atoms with van der Waals surface area (Å²) in [5.41, 5.74) is 3.42. The van der Waals surface area contributed by atoms with Crippen LogP contribution in [0.1, 0.15) is 59.6 Å². The first-order chi connectivity index (χ1) is 11.5. The second-order valence-corrected chi connectivity index (χ2v) is 7.31. The van der Waals surface area contributed by atoms with E-state index in [0.29, 0.717) is 16.8 Å². The smallest absolute Gasteiger partial charge is 0.330 e. The molecule has 0 saturated heterocycles. The van der Waals surface area contributed by atoms with Crippen LogP contribution < -0.4 is 5.32 Å². The standard InChI is InChI=1S/C19H25N3O3/c1-11-7-8-14(9-12(11)2)16(18(24)25)21-17(23)15-10-20-22(13(15)3)19(4,5)6/h7-10,16H,1-6H3,(H,21,23)(H,24,25). The highest BCUT2D eigenvalue weighted by molar-refractivity contribution is 5.97. The van der Waals surface area contributed by atoms with Gasteiger partial charge in [0.1, 0.15) is 0 Å². The van der Waals surface area contributed by atoms with Crippen molar-refractivity contribution in [3.8, 4) is 0 Å². The molecule has 1 unspecified atom stereocenters. The van der Waals surface area contributed by atoms with E-state index in [1.807, 2.05) is 40.7 Å². The second kappa shape index (κ2) is 6.70.